The average Bonchev–Trinajstić information content (AvgIpc) is 3.06. The summed E-state index contributed by atoms with van der Waals surface area (Å²) in [7, 11) is -2.04. The second-order valence-electron chi connectivity index (χ2n) is 4.97. The minimum absolute atomic E-state index is 0.151. The first-order valence-corrected chi connectivity index (χ1v) is 8.77. The van der Waals surface area contributed by atoms with Crippen molar-refractivity contribution in [1.29, 1.82) is 0 Å². The van der Waals surface area contributed by atoms with Crippen LogP contribution in [0.15, 0.2) is 16.3 Å². The molecule has 1 aromatic heterocycles. The van der Waals surface area contributed by atoms with Gasteiger partial charge in [0.2, 0.25) is 15.9 Å². The van der Waals surface area contributed by atoms with Crippen molar-refractivity contribution in [3.05, 3.63) is 17.0 Å². The average molecular weight is 317 g/mol. The van der Waals surface area contributed by atoms with E-state index in [2.05, 4.69) is 10.0 Å². The third-order valence-electron chi connectivity index (χ3n) is 3.54. The standard InChI is InChI=1S/C12H19N3O3S2/c1-14-20(17,18)10-5-4-9(19-10)8-15-11(16)12(13)6-2-3-7-12/h4-5,14H,2-3,6-8,13H2,1H3,(H,15,16). The van der Waals surface area contributed by atoms with Crippen LogP contribution in [0.3, 0.4) is 0 Å². The number of sulfonamides is 1. The van der Waals surface area contributed by atoms with Crippen LogP contribution >= 0.6 is 11.3 Å². The predicted molar refractivity (Wildman–Crippen MR) is 77.8 cm³/mol. The van der Waals surface area contributed by atoms with Crippen molar-refractivity contribution in [3.63, 3.8) is 0 Å². The van der Waals surface area contributed by atoms with Gasteiger partial charge in [0.1, 0.15) is 4.21 Å². The number of nitrogens with one attached hydrogen (secondary N) is 2. The summed E-state index contributed by atoms with van der Waals surface area (Å²) in [5.41, 5.74) is 5.30. The van der Waals surface area contributed by atoms with Crippen molar-refractivity contribution in [3.8, 4) is 0 Å². The van der Waals surface area contributed by atoms with E-state index in [0.717, 1.165) is 29.1 Å². The Morgan fingerprint density at radius 3 is 2.65 bits per heavy atom. The van der Waals surface area contributed by atoms with E-state index in [9.17, 15) is 13.2 Å². The molecule has 0 spiro atoms. The van der Waals surface area contributed by atoms with Gasteiger partial charge < -0.3 is 11.1 Å². The van der Waals surface area contributed by atoms with E-state index in [-0.39, 0.29) is 10.1 Å². The molecule has 1 fully saturated rings. The van der Waals surface area contributed by atoms with Gasteiger partial charge in [-0.25, -0.2) is 13.1 Å². The Kier molecular flexibility index (Phi) is 4.48. The van der Waals surface area contributed by atoms with E-state index in [0.29, 0.717) is 19.4 Å². The molecular formula is C12H19N3O3S2. The summed E-state index contributed by atoms with van der Waals surface area (Å²) in [5, 5.41) is 2.80. The van der Waals surface area contributed by atoms with Crippen molar-refractivity contribution in [1.82, 2.24) is 10.0 Å². The van der Waals surface area contributed by atoms with Crippen molar-refractivity contribution >= 4 is 27.3 Å². The van der Waals surface area contributed by atoms with Gasteiger partial charge in [-0.3, -0.25) is 4.79 Å². The first-order valence-electron chi connectivity index (χ1n) is 6.47. The molecule has 0 saturated heterocycles. The van der Waals surface area contributed by atoms with Crippen LogP contribution in [-0.2, 0) is 21.4 Å². The second kappa shape index (κ2) is 5.80. The Morgan fingerprint density at radius 2 is 2.05 bits per heavy atom. The minimum Gasteiger partial charge on any atom is -0.350 e. The van der Waals surface area contributed by atoms with Gasteiger partial charge in [0.25, 0.3) is 0 Å². The van der Waals surface area contributed by atoms with Crippen molar-refractivity contribution < 1.29 is 13.2 Å². The summed E-state index contributed by atoms with van der Waals surface area (Å²) < 4.78 is 25.7. The van der Waals surface area contributed by atoms with Crippen LogP contribution in [0.4, 0.5) is 0 Å². The van der Waals surface area contributed by atoms with Crippen LogP contribution in [0, 0.1) is 0 Å². The zero-order valence-corrected chi connectivity index (χ0v) is 12.9. The lowest BCUT2D eigenvalue weighted by molar-refractivity contribution is -0.126. The van der Waals surface area contributed by atoms with Crippen LogP contribution in [0.1, 0.15) is 30.6 Å². The lowest BCUT2D eigenvalue weighted by atomic mass is 9.98. The Bertz CT molecular complexity index is 589. The highest BCUT2D eigenvalue weighted by Gasteiger charge is 2.36. The number of thiophene rings is 1. The molecule has 0 bridgehead atoms. The van der Waals surface area contributed by atoms with Gasteiger partial charge in [0.15, 0.2) is 0 Å². The van der Waals surface area contributed by atoms with Gasteiger partial charge in [-0.05, 0) is 32.0 Å². The highest BCUT2D eigenvalue weighted by molar-refractivity contribution is 7.91. The van der Waals surface area contributed by atoms with Gasteiger partial charge >= 0.3 is 0 Å². The molecule has 0 radical (unpaired) electrons. The van der Waals surface area contributed by atoms with Crippen LogP contribution in [-0.4, -0.2) is 26.9 Å². The number of amides is 1. The van der Waals surface area contributed by atoms with Gasteiger partial charge in [0, 0.05) is 4.88 Å². The van der Waals surface area contributed by atoms with E-state index in [1.165, 1.54) is 13.1 Å². The minimum atomic E-state index is -3.41. The molecule has 1 aliphatic carbocycles. The maximum Gasteiger partial charge on any atom is 0.249 e. The molecule has 0 aromatic carbocycles. The van der Waals surface area contributed by atoms with Crippen molar-refractivity contribution in [2.24, 2.45) is 5.73 Å². The monoisotopic (exact) mass is 317 g/mol. The molecule has 1 amide bonds. The maximum absolute atomic E-state index is 12.0. The summed E-state index contributed by atoms with van der Waals surface area (Å²) in [6, 6.07) is 3.23. The number of carbonyl (C=O) groups is 1. The van der Waals surface area contributed by atoms with Crippen LogP contribution in [0.2, 0.25) is 0 Å². The fourth-order valence-corrected chi connectivity index (χ4v) is 4.41. The number of hydrogen-bond acceptors (Lipinski definition) is 5. The number of rotatable bonds is 5. The second-order valence-corrected chi connectivity index (χ2v) is 8.26. The molecule has 1 heterocycles. The third kappa shape index (κ3) is 3.20. The first-order chi connectivity index (χ1) is 9.37. The van der Waals surface area contributed by atoms with Crippen LogP contribution < -0.4 is 15.8 Å². The third-order valence-corrected chi connectivity index (χ3v) is 6.53. The first kappa shape index (κ1) is 15.4. The zero-order valence-electron chi connectivity index (χ0n) is 11.3. The number of hydrogen-bond donors (Lipinski definition) is 3. The maximum atomic E-state index is 12.0. The van der Waals surface area contributed by atoms with Crippen molar-refractivity contribution in [2.45, 2.75) is 42.0 Å². The molecule has 1 aliphatic rings. The lowest BCUT2D eigenvalue weighted by Crippen LogP contribution is -2.51. The summed E-state index contributed by atoms with van der Waals surface area (Å²) in [6.45, 7) is 0.307. The summed E-state index contributed by atoms with van der Waals surface area (Å²) >= 11 is 1.14. The Balaban J connectivity index is 1.97. The van der Waals surface area contributed by atoms with E-state index in [4.69, 9.17) is 5.73 Å². The normalized spacial score (nSPS) is 18.1. The highest BCUT2D eigenvalue weighted by atomic mass is 32.2. The van der Waals surface area contributed by atoms with Crippen LogP contribution in [0.5, 0.6) is 0 Å². The molecule has 8 heteroatoms. The predicted octanol–water partition coefficient (Wildman–Crippen LogP) is 0.544. The largest absolute Gasteiger partial charge is 0.350 e. The highest BCUT2D eigenvalue weighted by Crippen LogP contribution is 2.27. The zero-order chi connectivity index (χ0) is 14.8. The van der Waals surface area contributed by atoms with Crippen molar-refractivity contribution in [2.75, 3.05) is 7.05 Å². The summed E-state index contributed by atoms with van der Waals surface area (Å²) in [6.07, 6.45) is 3.38. The lowest BCUT2D eigenvalue weighted by Gasteiger charge is -2.21. The summed E-state index contributed by atoms with van der Waals surface area (Å²) in [4.78, 5) is 12.8. The molecule has 2 rings (SSSR count). The number of nitrogens with two attached hydrogens (primary N) is 1. The quantitative estimate of drug-likeness (QED) is 0.738. The fourth-order valence-electron chi connectivity index (χ4n) is 2.27. The molecule has 0 unspecified atom stereocenters. The molecule has 4 N–H and O–H groups in total. The molecular weight excluding hydrogens is 298 g/mol. The molecule has 0 aliphatic heterocycles. The van der Waals surface area contributed by atoms with Gasteiger partial charge in [-0.1, -0.05) is 12.8 Å². The van der Waals surface area contributed by atoms with Crippen LogP contribution in [0.25, 0.3) is 0 Å². The Morgan fingerprint density at radius 1 is 1.40 bits per heavy atom. The SMILES string of the molecule is CNS(=O)(=O)c1ccc(CNC(=O)C2(N)CCCC2)s1. The Labute approximate surface area is 122 Å². The van der Waals surface area contributed by atoms with E-state index in [1.807, 2.05) is 0 Å². The molecule has 20 heavy (non-hydrogen) atoms. The van der Waals surface area contributed by atoms with Gasteiger partial charge in [-0.15, -0.1) is 11.3 Å². The fraction of sp³-hybridized carbons (Fsp3) is 0.583. The van der Waals surface area contributed by atoms with E-state index in [1.54, 1.807) is 6.07 Å². The molecule has 0 atom stereocenters. The summed E-state index contributed by atoms with van der Waals surface area (Å²) in [5.74, 6) is -0.151. The van der Waals surface area contributed by atoms with E-state index < -0.39 is 15.6 Å². The smallest absolute Gasteiger partial charge is 0.249 e. The van der Waals surface area contributed by atoms with Gasteiger partial charge in [-0.2, -0.15) is 0 Å². The molecule has 1 aromatic rings. The molecule has 6 nitrogen and oxygen atoms in total. The topological polar surface area (TPSA) is 101 Å². The molecule has 112 valence electrons. The Hall–Kier alpha value is -0.960. The number of carbonyl (C=O) groups excluding carboxylic acids is 1. The van der Waals surface area contributed by atoms with Gasteiger partial charge in [0.05, 0.1) is 12.1 Å². The van der Waals surface area contributed by atoms with E-state index >= 15 is 0 Å². The molecule has 1 saturated carbocycles.